The number of nitrogen functional groups attached to an aromatic ring is 1. The van der Waals surface area contributed by atoms with Gasteiger partial charge >= 0.3 is 6.18 Å². The molecule has 1 aromatic carbocycles. The molecule has 0 bridgehead atoms. The summed E-state index contributed by atoms with van der Waals surface area (Å²) < 4.78 is 44.1. The number of alkyl halides is 3. The Hall–Kier alpha value is -2.77. The number of hydrogen-bond acceptors (Lipinski definition) is 4. The van der Waals surface area contributed by atoms with Crippen molar-refractivity contribution in [1.29, 1.82) is 0 Å². The molecule has 1 amide bonds. The molecule has 0 saturated carbocycles. The Labute approximate surface area is 117 Å². The fourth-order valence-electron chi connectivity index (χ4n) is 1.59. The summed E-state index contributed by atoms with van der Waals surface area (Å²) in [4.78, 5) is 14.7. The van der Waals surface area contributed by atoms with Crippen LogP contribution in [0.3, 0.4) is 0 Å². The van der Waals surface area contributed by atoms with Crippen molar-refractivity contribution in [2.24, 2.45) is 5.73 Å². The Bertz CT molecular complexity index is 687. The summed E-state index contributed by atoms with van der Waals surface area (Å²) in [5, 5.41) is 0. The highest BCUT2D eigenvalue weighted by atomic mass is 19.4. The molecule has 2 rings (SSSR count). The second kappa shape index (κ2) is 5.31. The van der Waals surface area contributed by atoms with Crippen LogP contribution < -0.4 is 16.2 Å². The molecular weight excluding hydrogens is 287 g/mol. The van der Waals surface area contributed by atoms with Gasteiger partial charge in [0.15, 0.2) is 0 Å². The number of rotatable bonds is 3. The molecule has 0 fully saturated rings. The summed E-state index contributed by atoms with van der Waals surface area (Å²) in [6.45, 7) is 0. The van der Waals surface area contributed by atoms with Crippen molar-refractivity contribution >= 4 is 11.6 Å². The molecule has 21 heavy (non-hydrogen) atoms. The number of nitrogens with two attached hydrogens (primary N) is 2. The third kappa shape index (κ3) is 3.41. The van der Waals surface area contributed by atoms with E-state index in [9.17, 15) is 18.0 Å². The molecule has 110 valence electrons. The Morgan fingerprint density at radius 1 is 1.19 bits per heavy atom. The first-order valence-electron chi connectivity index (χ1n) is 5.68. The van der Waals surface area contributed by atoms with Crippen LogP contribution in [0.4, 0.5) is 18.9 Å². The third-order valence-electron chi connectivity index (χ3n) is 2.54. The molecule has 0 atom stereocenters. The molecule has 0 aliphatic rings. The lowest BCUT2D eigenvalue weighted by molar-refractivity contribution is -0.138. The zero-order valence-corrected chi connectivity index (χ0v) is 10.5. The molecule has 1 heterocycles. The highest BCUT2D eigenvalue weighted by Crippen LogP contribution is 2.38. The van der Waals surface area contributed by atoms with Crippen LogP contribution in [0, 0.1) is 0 Å². The molecule has 1 aromatic heterocycles. The van der Waals surface area contributed by atoms with Crippen molar-refractivity contribution in [1.82, 2.24) is 4.98 Å². The summed E-state index contributed by atoms with van der Waals surface area (Å²) in [5.41, 5.74) is 9.37. The number of aromatic nitrogens is 1. The van der Waals surface area contributed by atoms with E-state index in [1.54, 1.807) is 0 Å². The largest absolute Gasteiger partial charge is 0.438 e. The zero-order chi connectivity index (χ0) is 15.6. The van der Waals surface area contributed by atoms with Crippen molar-refractivity contribution in [2.75, 3.05) is 5.73 Å². The van der Waals surface area contributed by atoms with Gasteiger partial charge in [-0.3, -0.25) is 4.79 Å². The number of pyridine rings is 1. The Morgan fingerprint density at radius 2 is 1.90 bits per heavy atom. The first-order chi connectivity index (χ1) is 9.77. The van der Waals surface area contributed by atoms with Crippen LogP contribution >= 0.6 is 0 Å². The van der Waals surface area contributed by atoms with E-state index in [0.717, 1.165) is 12.1 Å². The van der Waals surface area contributed by atoms with Gasteiger partial charge in [-0.05, 0) is 24.3 Å². The summed E-state index contributed by atoms with van der Waals surface area (Å²) in [5.74, 6) is -1.55. The maximum absolute atomic E-state index is 13.0. The van der Waals surface area contributed by atoms with Crippen LogP contribution in [0.25, 0.3) is 0 Å². The molecule has 0 radical (unpaired) electrons. The number of amides is 1. The minimum absolute atomic E-state index is 0.0904. The number of ether oxygens (including phenoxy) is 1. The van der Waals surface area contributed by atoms with Crippen molar-refractivity contribution in [3.63, 3.8) is 0 Å². The summed E-state index contributed by atoms with van der Waals surface area (Å²) in [7, 11) is 0. The fourth-order valence-corrected chi connectivity index (χ4v) is 1.59. The molecule has 0 unspecified atom stereocenters. The van der Waals surface area contributed by atoms with Crippen molar-refractivity contribution < 1.29 is 22.7 Å². The average molecular weight is 297 g/mol. The summed E-state index contributed by atoms with van der Waals surface area (Å²) in [6.07, 6.45) is -3.41. The van der Waals surface area contributed by atoms with E-state index in [0.29, 0.717) is 11.8 Å². The molecule has 2 aromatic rings. The van der Waals surface area contributed by atoms with Crippen LogP contribution in [0.15, 0.2) is 36.5 Å². The van der Waals surface area contributed by atoms with Crippen LogP contribution in [0.1, 0.15) is 15.9 Å². The Morgan fingerprint density at radius 3 is 2.48 bits per heavy atom. The molecule has 5 nitrogen and oxygen atoms in total. The normalized spacial score (nSPS) is 11.2. The van der Waals surface area contributed by atoms with Gasteiger partial charge in [-0.2, -0.15) is 13.2 Å². The number of carbonyl (C=O) groups excluding carboxylic acids is 1. The van der Waals surface area contributed by atoms with Crippen molar-refractivity contribution in [2.45, 2.75) is 6.18 Å². The number of carbonyl (C=O) groups is 1. The van der Waals surface area contributed by atoms with Gasteiger partial charge in [0.25, 0.3) is 0 Å². The first kappa shape index (κ1) is 14.6. The molecule has 0 spiro atoms. The smallest absolute Gasteiger partial charge is 0.420 e. The fraction of sp³-hybridized carbons (Fsp3) is 0.0769. The highest BCUT2D eigenvalue weighted by molar-refractivity contribution is 5.93. The van der Waals surface area contributed by atoms with E-state index in [1.165, 1.54) is 18.3 Å². The lowest BCUT2D eigenvalue weighted by atomic mass is 10.1. The van der Waals surface area contributed by atoms with E-state index in [-0.39, 0.29) is 11.4 Å². The number of anilines is 1. The van der Waals surface area contributed by atoms with Crippen molar-refractivity contribution in [3.05, 3.63) is 47.7 Å². The quantitative estimate of drug-likeness (QED) is 0.910. The number of halogens is 3. The van der Waals surface area contributed by atoms with Gasteiger partial charge in [0.2, 0.25) is 11.8 Å². The Kier molecular flexibility index (Phi) is 3.70. The van der Waals surface area contributed by atoms with E-state index >= 15 is 0 Å². The van der Waals surface area contributed by atoms with Gasteiger partial charge in [0.1, 0.15) is 5.75 Å². The summed E-state index contributed by atoms with van der Waals surface area (Å²) in [6, 6.07) is 5.52. The van der Waals surface area contributed by atoms with Crippen LogP contribution in [0.5, 0.6) is 11.6 Å². The van der Waals surface area contributed by atoms with E-state index in [4.69, 9.17) is 16.2 Å². The number of hydrogen-bond donors (Lipinski definition) is 2. The van der Waals surface area contributed by atoms with Crippen LogP contribution in [-0.4, -0.2) is 10.9 Å². The number of nitrogens with zero attached hydrogens (tertiary/aromatic N) is 1. The summed E-state index contributed by atoms with van der Waals surface area (Å²) >= 11 is 0. The lowest BCUT2D eigenvalue weighted by Crippen LogP contribution is -2.14. The average Bonchev–Trinajstić information content (AvgIpc) is 2.37. The van der Waals surface area contributed by atoms with Gasteiger partial charge < -0.3 is 16.2 Å². The molecule has 8 heteroatoms. The molecule has 4 N–H and O–H groups in total. The number of benzene rings is 1. The Balaban J connectivity index is 2.45. The maximum atomic E-state index is 13.0. The van der Waals surface area contributed by atoms with E-state index in [1.807, 2.05) is 0 Å². The second-order valence-electron chi connectivity index (χ2n) is 4.10. The minimum Gasteiger partial charge on any atom is -0.438 e. The van der Waals surface area contributed by atoms with E-state index in [2.05, 4.69) is 4.98 Å². The van der Waals surface area contributed by atoms with Crippen molar-refractivity contribution in [3.8, 4) is 11.6 Å². The van der Waals surface area contributed by atoms with Gasteiger partial charge in [0.05, 0.1) is 5.56 Å². The van der Waals surface area contributed by atoms with Gasteiger partial charge in [-0.1, -0.05) is 0 Å². The molecular formula is C13H10F3N3O2. The van der Waals surface area contributed by atoms with Crippen LogP contribution in [0.2, 0.25) is 0 Å². The maximum Gasteiger partial charge on any atom is 0.420 e. The molecule has 0 saturated heterocycles. The molecule has 0 aliphatic heterocycles. The lowest BCUT2D eigenvalue weighted by Gasteiger charge is -2.14. The standard InChI is InChI=1S/C13H10F3N3O2/c14-13(15,16)9-5-7(12(18)20)1-2-10(9)21-11-6-8(17)3-4-19-11/h1-6H,(H2,17,19)(H2,18,20). The van der Waals surface area contributed by atoms with E-state index < -0.39 is 23.4 Å². The van der Waals surface area contributed by atoms with Gasteiger partial charge in [-0.15, -0.1) is 0 Å². The number of primary amides is 1. The SMILES string of the molecule is NC(=O)c1ccc(Oc2cc(N)ccn2)c(C(F)(F)F)c1. The van der Waals surface area contributed by atoms with Gasteiger partial charge in [-0.25, -0.2) is 4.98 Å². The predicted octanol–water partition coefficient (Wildman–Crippen LogP) is 2.57. The topological polar surface area (TPSA) is 91.2 Å². The van der Waals surface area contributed by atoms with Gasteiger partial charge in [0, 0.05) is 23.5 Å². The second-order valence-corrected chi connectivity index (χ2v) is 4.10. The highest BCUT2D eigenvalue weighted by Gasteiger charge is 2.35. The third-order valence-corrected chi connectivity index (χ3v) is 2.54. The monoisotopic (exact) mass is 297 g/mol. The molecule has 0 aliphatic carbocycles. The predicted molar refractivity (Wildman–Crippen MR) is 68.7 cm³/mol. The minimum atomic E-state index is -4.71. The zero-order valence-electron chi connectivity index (χ0n) is 10.5. The first-order valence-corrected chi connectivity index (χ1v) is 5.68. The van der Waals surface area contributed by atoms with Crippen LogP contribution in [-0.2, 0) is 6.18 Å².